The molecule has 2 fully saturated rings. The Morgan fingerprint density at radius 3 is 3.00 bits per heavy atom. The lowest BCUT2D eigenvalue weighted by Gasteiger charge is -2.39. The van der Waals surface area contributed by atoms with E-state index in [1.54, 1.807) is 0 Å². The lowest BCUT2D eigenvalue weighted by molar-refractivity contribution is -0.136. The van der Waals surface area contributed by atoms with Gasteiger partial charge in [-0.15, -0.1) is 11.8 Å². The number of piperidine rings is 2. The maximum Gasteiger partial charge on any atom is 0.230 e. The van der Waals surface area contributed by atoms with E-state index in [2.05, 4.69) is 30.1 Å². The molecular weight excluding hydrogens is 280 g/mol. The van der Waals surface area contributed by atoms with Crippen molar-refractivity contribution >= 4 is 17.7 Å². The number of carbonyl (C=O) groups excluding carboxylic acids is 1. The summed E-state index contributed by atoms with van der Waals surface area (Å²) in [4.78, 5) is 16.4. The first kappa shape index (κ1) is 15.4. The highest BCUT2D eigenvalue weighted by atomic mass is 32.2. The number of rotatable bonds is 2. The molecule has 3 nitrogen and oxygen atoms in total. The standard InChI is InChI=1S/C17H28N2OS/c1-17(2)6-4-8-19(12-17)16(20)14-9-15(21-11-14)13-5-3-7-18-10-13/h9,13-14,18H,3-8,10-12H2,1-2H3. The molecule has 3 heterocycles. The number of thioether (sulfide) groups is 1. The molecule has 21 heavy (non-hydrogen) atoms. The summed E-state index contributed by atoms with van der Waals surface area (Å²) in [5.74, 6) is 2.11. The molecule has 118 valence electrons. The minimum absolute atomic E-state index is 0.126. The molecule has 0 spiro atoms. The Labute approximate surface area is 132 Å². The van der Waals surface area contributed by atoms with E-state index in [9.17, 15) is 4.79 Å². The predicted octanol–water partition coefficient (Wildman–Crippen LogP) is 2.88. The van der Waals surface area contributed by atoms with E-state index in [4.69, 9.17) is 0 Å². The van der Waals surface area contributed by atoms with Crippen molar-refractivity contribution in [1.82, 2.24) is 10.2 Å². The van der Waals surface area contributed by atoms with Crippen LogP contribution in [0, 0.1) is 17.3 Å². The van der Waals surface area contributed by atoms with Crippen LogP contribution < -0.4 is 5.32 Å². The molecule has 3 aliphatic heterocycles. The van der Waals surface area contributed by atoms with Crippen LogP contribution in [0.4, 0.5) is 0 Å². The molecule has 0 radical (unpaired) electrons. The van der Waals surface area contributed by atoms with Crippen molar-refractivity contribution < 1.29 is 4.79 Å². The number of nitrogens with zero attached hydrogens (tertiary/aromatic N) is 1. The van der Waals surface area contributed by atoms with Crippen molar-refractivity contribution in [3.05, 3.63) is 11.0 Å². The lowest BCUT2D eigenvalue weighted by Crippen LogP contribution is -2.45. The minimum atomic E-state index is 0.126. The van der Waals surface area contributed by atoms with Crippen molar-refractivity contribution in [3.8, 4) is 0 Å². The van der Waals surface area contributed by atoms with Gasteiger partial charge in [-0.25, -0.2) is 0 Å². The molecule has 0 aromatic rings. The first-order valence-electron chi connectivity index (χ1n) is 8.39. The van der Waals surface area contributed by atoms with Crippen LogP contribution in [0.5, 0.6) is 0 Å². The summed E-state index contributed by atoms with van der Waals surface area (Å²) in [6.45, 7) is 8.70. The molecule has 2 atom stereocenters. The number of nitrogens with one attached hydrogen (secondary N) is 1. The van der Waals surface area contributed by atoms with Crippen LogP contribution in [-0.2, 0) is 4.79 Å². The molecule has 3 aliphatic rings. The molecule has 0 aromatic heterocycles. The molecule has 3 rings (SSSR count). The number of likely N-dealkylation sites (tertiary alicyclic amines) is 1. The largest absolute Gasteiger partial charge is 0.342 e. The van der Waals surface area contributed by atoms with E-state index in [-0.39, 0.29) is 5.92 Å². The average Bonchev–Trinajstić information content (AvgIpc) is 2.96. The van der Waals surface area contributed by atoms with Crippen LogP contribution >= 0.6 is 11.8 Å². The SMILES string of the molecule is CC1(C)CCCN(C(=O)C2C=C(C3CCCNC3)SC2)C1. The van der Waals surface area contributed by atoms with Gasteiger partial charge >= 0.3 is 0 Å². The Balaban J connectivity index is 1.61. The van der Waals surface area contributed by atoms with Gasteiger partial charge < -0.3 is 10.2 Å². The summed E-state index contributed by atoms with van der Waals surface area (Å²) in [6.07, 6.45) is 7.23. The second kappa shape index (κ2) is 6.33. The Hall–Kier alpha value is -0.480. The molecule has 2 unspecified atom stereocenters. The molecule has 1 amide bonds. The highest BCUT2D eigenvalue weighted by molar-refractivity contribution is 8.03. The zero-order valence-electron chi connectivity index (χ0n) is 13.4. The second-order valence-electron chi connectivity index (χ2n) is 7.56. The Kier molecular flexibility index (Phi) is 4.65. The number of carbonyl (C=O) groups is 1. The van der Waals surface area contributed by atoms with Gasteiger partial charge in [-0.1, -0.05) is 19.9 Å². The Morgan fingerprint density at radius 2 is 2.29 bits per heavy atom. The van der Waals surface area contributed by atoms with Crippen molar-refractivity contribution in [1.29, 1.82) is 0 Å². The van der Waals surface area contributed by atoms with Crippen molar-refractivity contribution in [2.24, 2.45) is 17.3 Å². The zero-order chi connectivity index (χ0) is 14.9. The quantitative estimate of drug-likeness (QED) is 0.851. The number of amides is 1. The van der Waals surface area contributed by atoms with E-state index in [1.165, 1.54) is 24.2 Å². The third kappa shape index (κ3) is 3.65. The van der Waals surface area contributed by atoms with Crippen LogP contribution in [-0.4, -0.2) is 42.7 Å². The molecule has 4 heteroatoms. The third-order valence-corrected chi connectivity index (χ3v) is 6.35. The van der Waals surface area contributed by atoms with Gasteiger partial charge in [0.15, 0.2) is 0 Å². The van der Waals surface area contributed by atoms with Crippen molar-refractivity contribution in [2.45, 2.75) is 39.5 Å². The smallest absolute Gasteiger partial charge is 0.230 e. The summed E-state index contributed by atoms with van der Waals surface area (Å²) < 4.78 is 0. The first-order valence-corrected chi connectivity index (χ1v) is 9.38. The van der Waals surface area contributed by atoms with Crippen LogP contribution in [0.25, 0.3) is 0 Å². The van der Waals surface area contributed by atoms with E-state index in [1.807, 2.05) is 11.8 Å². The fourth-order valence-corrected chi connectivity index (χ4v) is 5.13. The van der Waals surface area contributed by atoms with E-state index < -0.39 is 0 Å². The van der Waals surface area contributed by atoms with Gasteiger partial charge in [-0.3, -0.25) is 4.79 Å². The second-order valence-corrected chi connectivity index (χ2v) is 8.65. The first-order chi connectivity index (χ1) is 10.1. The van der Waals surface area contributed by atoms with E-state index in [0.29, 0.717) is 17.2 Å². The van der Waals surface area contributed by atoms with Crippen LogP contribution in [0.2, 0.25) is 0 Å². The molecule has 2 saturated heterocycles. The van der Waals surface area contributed by atoms with Crippen molar-refractivity contribution in [2.75, 3.05) is 31.9 Å². The molecule has 0 aromatic carbocycles. The van der Waals surface area contributed by atoms with Gasteiger partial charge in [-0.05, 0) is 42.5 Å². The van der Waals surface area contributed by atoms with Crippen molar-refractivity contribution in [3.63, 3.8) is 0 Å². The lowest BCUT2D eigenvalue weighted by atomic mass is 9.83. The molecule has 1 N–H and O–H groups in total. The zero-order valence-corrected chi connectivity index (χ0v) is 14.2. The van der Waals surface area contributed by atoms with E-state index in [0.717, 1.165) is 38.4 Å². The van der Waals surface area contributed by atoms with Gasteiger partial charge in [-0.2, -0.15) is 0 Å². The molecular formula is C17H28N2OS. The third-order valence-electron chi connectivity index (χ3n) is 5.02. The molecule has 0 aliphatic carbocycles. The highest BCUT2D eigenvalue weighted by Crippen LogP contribution is 2.38. The molecule has 0 saturated carbocycles. The minimum Gasteiger partial charge on any atom is -0.342 e. The van der Waals surface area contributed by atoms with Gasteiger partial charge in [0.2, 0.25) is 5.91 Å². The summed E-state index contributed by atoms with van der Waals surface area (Å²) in [6, 6.07) is 0. The Morgan fingerprint density at radius 1 is 1.43 bits per heavy atom. The summed E-state index contributed by atoms with van der Waals surface area (Å²) in [5.41, 5.74) is 0.291. The topological polar surface area (TPSA) is 32.3 Å². The maximum atomic E-state index is 12.8. The van der Waals surface area contributed by atoms with E-state index >= 15 is 0 Å². The maximum absolute atomic E-state index is 12.8. The number of hydrogen-bond acceptors (Lipinski definition) is 3. The van der Waals surface area contributed by atoms with Crippen LogP contribution in [0.15, 0.2) is 11.0 Å². The summed E-state index contributed by atoms with van der Waals surface area (Å²) >= 11 is 1.92. The fraction of sp³-hybridized carbons (Fsp3) is 0.824. The summed E-state index contributed by atoms with van der Waals surface area (Å²) in [7, 11) is 0. The predicted molar refractivity (Wildman–Crippen MR) is 89.2 cm³/mol. The van der Waals surface area contributed by atoms with Crippen LogP contribution in [0.3, 0.4) is 0 Å². The Bertz CT molecular complexity index is 427. The van der Waals surface area contributed by atoms with Gasteiger partial charge in [0.1, 0.15) is 0 Å². The van der Waals surface area contributed by atoms with Gasteiger partial charge in [0.05, 0.1) is 5.92 Å². The average molecular weight is 308 g/mol. The highest BCUT2D eigenvalue weighted by Gasteiger charge is 2.34. The van der Waals surface area contributed by atoms with Crippen LogP contribution in [0.1, 0.15) is 39.5 Å². The summed E-state index contributed by atoms with van der Waals surface area (Å²) in [5, 5.41) is 3.48. The monoisotopic (exact) mass is 308 g/mol. The van der Waals surface area contributed by atoms with Gasteiger partial charge in [0.25, 0.3) is 0 Å². The molecule has 0 bridgehead atoms. The number of hydrogen-bond donors (Lipinski definition) is 1. The normalized spacial score (nSPS) is 32.9. The fourth-order valence-electron chi connectivity index (χ4n) is 3.82. The van der Waals surface area contributed by atoms with Gasteiger partial charge in [0, 0.05) is 31.3 Å².